The van der Waals surface area contributed by atoms with Gasteiger partial charge in [-0.15, -0.1) is 0 Å². The fourth-order valence-electron chi connectivity index (χ4n) is 2.17. The quantitative estimate of drug-likeness (QED) is 0.418. The Labute approximate surface area is 149 Å². The number of fused-ring (bicyclic) bond motifs is 1. The lowest BCUT2D eigenvalue weighted by Gasteiger charge is -2.04. The highest BCUT2D eigenvalue weighted by atomic mass is 16.6. The van der Waals surface area contributed by atoms with Crippen LogP contribution in [0, 0.1) is 0 Å². The van der Waals surface area contributed by atoms with Gasteiger partial charge >= 0.3 is 11.9 Å². The number of benzene rings is 2. The molecular weight excluding hydrogens is 336 g/mol. The molecule has 26 heavy (non-hydrogen) atoms. The summed E-state index contributed by atoms with van der Waals surface area (Å²) in [6.45, 7) is -0.155. The van der Waals surface area contributed by atoms with E-state index in [9.17, 15) is 9.59 Å². The molecule has 1 amide bonds. The first kappa shape index (κ1) is 17.2. The van der Waals surface area contributed by atoms with E-state index in [1.54, 1.807) is 36.4 Å². The third kappa shape index (κ3) is 4.27. The Morgan fingerprint density at radius 2 is 1.92 bits per heavy atom. The number of carbonyl (C=O) groups excluding carboxylic acids is 2. The van der Waals surface area contributed by atoms with Gasteiger partial charge in [0.1, 0.15) is 11.3 Å². The van der Waals surface area contributed by atoms with E-state index in [1.807, 2.05) is 18.2 Å². The Bertz CT molecular complexity index is 911. The standard InChI is InChI=1S/C19H16N2O5/c1-24-18(22)12-25-15-8-6-13(7-9-15)11-20-21-19(23)17-10-14-4-2-3-5-16(14)26-17/h2-11H,12H2,1H3,(H,21,23)/b20-11+. The molecule has 0 aliphatic rings. The predicted octanol–water partition coefficient (Wildman–Crippen LogP) is 2.75. The molecule has 1 N–H and O–H groups in total. The van der Waals surface area contributed by atoms with Crippen LogP contribution in [0.15, 0.2) is 64.1 Å². The van der Waals surface area contributed by atoms with Crippen LogP contribution in [0.5, 0.6) is 5.75 Å². The topological polar surface area (TPSA) is 90.1 Å². The third-order valence-electron chi connectivity index (χ3n) is 3.49. The lowest BCUT2D eigenvalue weighted by molar-refractivity contribution is -0.142. The summed E-state index contributed by atoms with van der Waals surface area (Å²) in [5.74, 6) is -0.173. The number of rotatable bonds is 6. The summed E-state index contributed by atoms with van der Waals surface area (Å²) < 4.78 is 15.2. The van der Waals surface area contributed by atoms with Gasteiger partial charge in [-0.3, -0.25) is 4.79 Å². The molecule has 0 radical (unpaired) electrons. The Balaban J connectivity index is 1.56. The first-order valence-corrected chi connectivity index (χ1v) is 7.77. The van der Waals surface area contributed by atoms with Gasteiger partial charge in [-0.2, -0.15) is 5.10 Å². The zero-order valence-corrected chi connectivity index (χ0v) is 14.0. The molecule has 7 nitrogen and oxygen atoms in total. The van der Waals surface area contributed by atoms with Gasteiger partial charge in [-0.1, -0.05) is 18.2 Å². The maximum absolute atomic E-state index is 12.1. The fourth-order valence-corrected chi connectivity index (χ4v) is 2.17. The molecule has 0 fully saturated rings. The number of amides is 1. The van der Waals surface area contributed by atoms with E-state index in [1.165, 1.54) is 13.3 Å². The second-order valence-corrected chi connectivity index (χ2v) is 5.28. The second-order valence-electron chi connectivity index (χ2n) is 5.28. The van der Waals surface area contributed by atoms with Crippen molar-refractivity contribution in [2.75, 3.05) is 13.7 Å². The molecule has 0 unspecified atom stereocenters. The van der Waals surface area contributed by atoms with E-state index in [0.29, 0.717) is 11.3 Å². The SMILES string of the molecule is COC(=O)COc1ccc(/C=N/NC(=O)c2cc3ccccc3o2)cc1. The molecule has 132 valence electrons. The summed E-state index contributed by atoms with van der Waals surface area (Å²) in [5.41, 5.74) is 3.81. The summed E-state index contributed by atoms with van der Waals surface area (Å²) in [7, 11) is 1.30. The monoisotopic (exact) mass is 352 g/mol. The van der Waals surface area contributed by atoms with Crippen LogP contribution in [0.3, 0.4) is 0 Å². The molecule has 0 aliphatic carbocycles. The molecular formula is C19H16N2O5. The molecule has 0 atom stereocenters. The van der Waals surface area contributed by atoms with Crippen molar-refractivity contribution in [3.8, 4) is 5.75 Å². The van der Waals surface area contributed by atoms with Crippen LogP contribution in [0.2, 0.25) is 0 Å². The van der Waals surface area contributed by atoms with Gasteiger partial charge in [0.2, 0.25) is 0 Å². The molecule has 1 heterocycles. The maximum Gasteiger partial charge on any atom is 0.343 e. The van der Waals surface area contributed by atoms with Gasteiger partial charge in [0, 0.05) is 5.39 Å². The highest BCUT2D eigenvalue weighted by Crippen LogP contribution is 2.18. The number of hydrogen-bond acceptors (Lipinski definition) is 6. The Morgan fingerprint density at radius 3 is 2.65 bits per heavy atom. The van der Waals surface area contributed by atoms with E-state index in [2.05, 4.69) is 15.3 Å². The summed E-state index contributed by atoms with van der Waals surface area (Å²) >= 11 is 0. The minimum Gasteiger partial charge on any atom is -0.482 e. The minimum atomic E-state index is -0.455. The van der Waals surface area contributed by atoms with Crippen LogP contribution in [-0.4, -0.2) is 31.8 Å². The van der Waals surface area contributed by atoms with Crippen LogP contribution in [0.4, 0.5) is 0 Å². The molecule has 7 heteroatoms. The number of furan rings is 1. The molecule has 0 bridgehead atoms. The summed E-state index contributed by atoms with van der Waals surface area (Å²) in [6, 6.07) is 15.9. The normalized spacial score (nSPS) is 10.8. The van der Waals surface area contributed by atoms with Crippen LogP contribution < -0.4 is 10.2 Å². The number of esters is 1. The number of carbonyl (C=O) groups is 2. The second kappa shape index (κ2) is 7.98. The maximum atomic E-state index is 12.1. The van der Waals surface area contributed by atoms with Crippen LogP contribution in [0.1, 0.15) is 16.1 Å². The molecule has 0 spiro atoms. The molecule has 0 saturated carbocycles. The molecule has 2 aromatic carbocycles. The van der Waals surface area contributed by atoms with Gasteiger partial charge in [-0.05, 0) is 42.0 Å². The number of hydrogen-bond donors (Lipinski definition) is 1. The molecule has 0 aliphatic heterocycles. The Kier molecular flexibility index (Phi) is 5.28. The van der Waals surface area contributed by atoms with Crippen molar-refractivity contribution in [2.24, 2.45) is 5.10 Å². The van der Waals surface area contributed by atoms with Crippen molar-refractivity contribution >= 4 is 29.1 Å². The Hall–Kier alpha value is -3.61. The molecule has 3 aromatic rings. The lowest BCUT2D eigenvalue weighted by atomic mass is 10.2. The molecule has 0 saturated heterocycles. The van der Waals surface area contributed by atoms with Gasteiger partial charge in [0.15, 0.2) is 12.4 Å². The average molecular weight is 352 g/mol. The average Bonchev–Trinajstić information content (AvgIpc) is 3.11. The van der Waals surface area contributed by atoms with Crippen molar-refractivity contribution in [2.45, 2.75) is 0 Å². The van der Waals surface area contributed by atoms with E-state index < -0.39 is 11.9 Å². The van der Waals surface area contributed by atoms with Crippen LogP contribution in [-0.2, 0) is 9.53 Å². The van der Waals surface area contributed by atoms with E-state index in [-0.39, 0.29) is 12.4 Å². The number of hydrazone groups is 1. The summed E-state index contributed by atoms with van der Waals surface area (Å²) in [5, 5.41) is 4.76. The van der Waals surface area contributed by atoms with Gasteiger partial charge in [-0.25, -0.2) is 10.2 Å². The summed E-state index contributed by atoms with van der Waals surface area (Å²) in [4.78, 5) is 23.1. The number of methoxy groups -OCH3 is 1. The largest absolute Gasteiger partial charge is 0.482 e. The predicted molar refractivity (Wildman–Crippen MR) is 95.2 cm³/mol. The van der Waals surface area contributed by atoms with E-state index in [0.717, 1.165) is 10.9 Å². The lowest BCUT2D eigenvalue weighted by Crippen LogP contribution is -2.16. The van der Waals surface area contributed by atoms with Crippen molar-refractivity contribution in [1.29, 1.82) is 0 Å². The smallest absolute Gasteiger partial charge is 0.343 e. The number of nitrogens with zero attached hydrogens (tertiary/aromatic N) is 1. The first-order chi connectivity index (χ1) is 12.7. The zero-order chi connectivity index (χ0) is 18.4. The van der Waals surface area contributed by atoms with E-state index in [4.69, 9.17) is 9.15 Å². The van der Waals surface area contributed by atoms with Gasteiger partial charge in [0.25, 0.3) is 0 Å². The number of para-hydroxylation sites is 1. The number of nitrogens with one attached hydrogen (secondary N) is 1. The summed E-state index contributed by atoms with van der Waals surface area (Å²) in [6.07, 6.45) is 1.49. The minimum absolute atomic E-state index is 0.155. The van der Waals surface area contributed by atoms with Gasteiger partial charge < -0.3 is 13.9 Å². The molecule has 1 aromatic heterocycles. The van der Waals surface area contributed by atoms with Crippen LogP contribution in [0.25, 0.3) is 11.0 Å². The molecule has 3 rings (SSSR count). The van der Waals surface area contributed by atoms with Gasteiger partial charge in [0.05, 0.1) is 13.3 Å². The first-order valence-electron chi connectivity index (χ1n) is 7.77. The van der Waals surface area contributed by atoms with Crippen molar-refractivity contribution in [3.05, 3.63) is 65.9 Å². The van der Waals surface area contributed by atoms with Crippen LogP contribution >= 0.6 is 0 Å². The van der Waals surface area contributed by atoms with Crippen molar-refractivity contribution in [1.82, 2.24) is 5.43 Å². The highest BCUT2D eigenvalue weighted by Gasteiger charge is 2.10. The van der Waals surface area contributed by atoms with Crippen molar-refractivity contribution < 1.29 is 23.5 Å². The third-order valence-corrected chi connectivity index (χ3v) is 3.49. The Morgan fingerprint density at radius 1 is 1.15 bits per heavy atom. The number of ether oxygens (including phenoxy) is 2. The van der Waals surface area contributed by atoms with Crippen molar-refractivity contribution in [3.63, 3.8) is 0 Å². The van der Waals surface area contributed by atoms with E-state index >= 15 is 0 Å². The highest BCUT2D eigenvalue weighted by molar-refractivity contribution is 5.96. The fraction of sp³-hybridized carbons (Fsp3) is 0.105. The zero-order valence-electron chi connectivity index (χ0n) is 14.0.